The van der Waals surface area contributed by atoms with Crippen molar-refractivity contribution in [3.63, 3.8) is 0 Å². The zero-order chi connectivity index (χ0) is 36.2. The molecule has 7 aromatic rings. The fourth-order valence-electron chi connectivity index (χ4n) is 5.40. The number of nitrogens with one attached hydrogen (secondary N) is 2. The number of aromatic hydroxyl groups is 4. The van der Waals surface area contributed by atoms with Crippen LogP contribution in [-0.4, -0.2) is 32.2 Å². The van der Waals surface area contributed by atoms with Gasteiger partial charge in [-0.3, -0.25) is 9.59 Å². The van der Waals surface area contributed by atoms with E-state index in [1.54, 1.807) is 72.8 Å². The molecule has 0 unspecified atom stereocenters. The third-order valence-electron chi connectivity index (χ3n) is 8.17. The SMILES string of the molecule is O=C(Nc1ccc(NC(=O)c2ccc(O)c(N=Nc3ccc4ccccc4c3O)c2)cc1)c1ccc(O)c(N=Nc2ccc3ccccc3c2O)c1. The number of rotatable bonds is 8. The van der Waals surface area contributed by atoms with E-state index in [0.717, 1.165) is 10.8 Å². The molecule has 0 saturated carbocycles. The molecule has 2 amide bonds. The van der Waals surface area contributed by atoms with Crippen LogP contribution in [0.5, 0.6) is 23.0 Å². The third kappa shape index (κ3) is 6.93. The Kier molecular flexibility index (Phi) is 8.92. The summed E-state index contributed by atoms with van der Waals surface area (Å²) in [5.41, 5.74) is 1.73. The van der Waals surface area contributed by atoms with Gasteiger partial charge in [-0.2, -0.15) is 0 Å². The van der Waals surface area contributed by atoms with Gasteiger partial charge in [0.2, 0.25) is 0 Å². The molecule has 0 heterocycles. The van der Waals surface area contributed by atoms with Crippen LogP contribution in [0.15, 0.2) is 154 Å². The highest BCUT2D eigenvalue weighted by molar-refractivity contribution is 6.06. The number of carbonyl (C=O) groups excluding carboxylic acids is 2. The number of nitrogens with zero attached hydrogens (tertiary/aromatic N) is 4. The number of phenols is 4. The highest BCUT2D eigenvalue weighted by Gasteiger charge is 2.14. The van der Waals surface area contributed by atoms with Crippen LogP contribution in [0, 0.1) is 0 Å². The van der Waals surface area contributed by atoms with E-state index in [-0.39, 0.29) is 56.9 Å². The first-order valence-electron chi connectivity index (χ1n) is 15.9. The van der Waals surface area contributed by atoms with Gasteiger partial charge in [-0.15, -0.1) is 20.5 Å². The van der Waals surface area contributed by atoms with E-state index in [4.69, 9.17) is 0 Å². The Labute approximate surface area is 295 Å². The van der Waals surface area contributed by atoms with E-state index in [9.17, 15) is 30.0 Å². The topological polar surface area (TPSA) is 189 Å². The largest absolute Gasteiger partial charge is 0.506 e. The van der Waals surface area contributed by atoms with Crippen LogP contribution in [-0.2, 0) is 0 Å². The van der Waals surface area contributed by atoms with Crippen molar-refractivity contribution in [1.82, 2.24) is 0 Å². The standard InChI is InChI=1S/C40H28N6O6/c47-35-19-11-25(21-33(35)45-43-31-17-9-23-5-1-3-7-29(23)37(31)49)39(51)41-27-13-15-28(16-14-27)42-40(52)26-12-20-36(48)34(22-26)46-44-32-18-10-24-6-2-4-8-30(24)38(32)50/h1-22,47-50H,(H,41,51)(H,42,52). The minimum Gasteiger partial charge on any atom is -0.506 e. The third-order valence-corrected chi connectivity index (χ3v) is 8.17. The number of fused-ring (bicyclic) bond motifs is 2. The number of phenolic OH excluding ortho intramolecular Hbond substituents is 4. The van der Waals surface area contributed by atoms with Crippen LogP contribution in [0.1, 0.15) is 20.7 Å². The maximum absolute atomic E-state index is 13.1. The molecule has 7 aromatic carbocycles. The predicted octanol–water partition coefficient (Wildman–Crippen LogP) is 10.2. The average molecular weight is 689 g/mol. The molecule has 0 aliphatic rings. The van der Waals surface area contributed by atoms with Crippen LogP contribution in [0.2, 0.25) is 0 Å². The van der Waals surface area contributed by atoms with Gasteiger partial charge in [0.1, 0.15) is 34.2 Å². The number of hydrogen-bond acceptors (Lipinski definition) is 10. The van der Waals surface area contributed by atoms with Gasteiger partial charge in [0, 0.05) is 33.3 Å². The zero-order valence-electron chi connectivity index (χ0n) is 27.1. The fraction of sp³-hybridized carbons (Fsp3) is 0. The fourth-order valence-corrected chi connectivity index (χ4v) is 5.40. The van der Waals surface area contributed by atoms with Gasteiger partial charge in [-0.05, 0) is 83.6 Å². The van der Waals surface area contributed by atoms with Crippen molar-refractivity contribution in [2.75, 3.05) is 10.6 Å². The Morgan fingerprint density at radius 1 is 0.423 bits per heavy atom. The molecule has 0 aromatic heterocycles. The maximum Gasteiger partial charge on any atom is 0.255 e. The van der Waals surface area contributed by atoms with Gasteiger partial charge in [0.05, 0.1) is 0 Å². The highest BCUT2D eigenvalue weighted by atomic mass is 16.3. The molecule has 0 saturated heterocycles. The minimum absolute atomic E-state index is 0.0314. The Morgan fingerprint density at radius 3 is 1.23 bits per heavy atom. The first-order valence-corrected chi connectivity index (χ1v) is 15.9. The lowest BCUT2D eigenvalue weighted by molar-refractivity contribution is 0.101. The monoisotopic (exact) mass is 688 g/mol. The predicted molar refractivity (Wildman–Crippen MR) is 198 cm³/mol. The van der Waals surface area contributed by atoms with Crippen LogP contribution in [0.25, 0.3) is 21.5 Å². The molecule has 0 spiro atoms. The van der Waals surface area contributed by atoms with E-state index in [0.29, 0.717) is 22.1 Å². The quantitative estimate of drug-likeness (QED) is 0.0861. The van der Waals surface area contributed by atoms with Crippen molar-refractivity contribution < 1.29 is 30.0 Å². The number of carbonyl (C=O) groups is 2. The number of benzene rings is 7. The summed E-state index contributed by atoms with van der Waals surface area (Å²) in [7, 11) is 0. The zero-order valence-corrected chi connectivity index (χ0v) is 27.1. The van der Waals surface area contributed by atoms with Gasteiger partial charge in [0.25, 0.3) is 11.8 Å². The molecule has 0 bridgehead atoms. The number of amides is 2. The molecule has 0 fully saturated rings. The van der Waals surface area contributed by atoms with Crippen molar-refractivity contribution in [2.24, 2.45) is 20.5 Å². The van der Waals surface area contributed by atoms with E-state index in [1.807, 2.05) is 24.3 Å². The second kappa shape index (κ2) is 14.1. The minimum atomic E-state index is -0.482. The number of anilines is 2. The van der Waals surface area contributed by atoms with Gasteiger partial charge in [0.15, 0.2) is 11.5 Å². The first kappa shape index (κ1) is 32.9. The molecule has 6 N–H and O–H groups in total. The van der Waals surface area contributed by atoms with E-state index in [2.05, 4.69) is 31.1 Å². The lowest BCUT2D eigenvalue weighted by atomic mass is 10.1. The summed E-state index contributed by atoms with van der Waals surface area (Å²) in [6, 6.07) is 36.0. The Balaban J connectivity index is 1.00. The Hall–Kier alpha value is -7.60. The second-order valence-corrected chi connectivity index (χ2v) is 11.6. The molecule has 52 heavy (non-hydrogen) atoms. The number of azo groups is 2. The normalized spacial score (nSPS) is 11.4. The molecule has 7 rings (SSSR count). The molecule has 0 radical (unpaired) electrons. The van der Waals surface area contributed by atoms with Crippen molar-refractivity contribution in [2.45, 2.75) is 0 Å². The highest BCUT2D eigenvalue weighted by Crippen LogP contribution is 2.38. The summed E-state index contributed by atoms with van der Waals surface area (Å²) in [6.45, 7) is 0. The first-order chi connectivity index (χ1) is 25.2. The summed E-state index contributed by atoms with van der Waals surface area (Å²) < 4.78 is 0. The van der Waals surface area contributed by atoms with Crippen molar-refractivity contribution in [3.8, 4) is 23.0 Å². The summed E-state index contributed by atoms with van der Waals surface area (Å²) in [4.78, 5) is 26.1. The van der Waals surface area contributed by atoms with Gasteiger partial charge in [-0.25, -0.2) is 0 Å². The average Bonchev–Trinajstić information content (AvgIpc) is 3.16. The van der Waals surface area contributed by atoms with Gasteiger partial charge in [-0.1, -0.05) is 60.7 Å². The van der Waals surface area contributed by atoms with Crippen molar-refractivity contribution in [3.05, 3.63) is 145 Å². The lowest BCUT2D eigenvalue weighted by Gasteiger charge is -2.09. The van der Waals surface area contributed by atoms with Crippen LogP contribution < -0.4 is 10.6 Å². The van der Waals surface area contributed by atoms with Gasteiger partial charge >= 0.3 is 0 Å². The molecule has 0 aliphatic carbocycles. The van der Waals surface area contributed by atoms with E-state index in [1.165, 1.54) is 36.4 Å². The van der Waals surface area contributed by atoms with Crippen LogP contribution in [0.3, 0.4) is 0 Å². The van der Waals surface area contributed by atoms with Crippen molar-refractivity contribution in [1.29, 1.82) is 0 Å². The van der Waals surface area contributed by atoms with Crippen molar-refractivity contribution >= 4 is 67.5 Å². The Bertz CT molecular complexity index is 2390. The van der Waals surface area contributed by atoms with E-state index >= 15 is 0 Å². The summed E-state index contributed by atoms with van der Waals surface area (Å²) >= 11 is 0. The molecule has 12 nitrogen and oxygen atoms in total. The second-order valence-electron chi connectivity index (χ2n) is 11.6. The molecular weight excluding hydrogens is 660 g/mol. The smallest absolute Gasteiger partial charge is 0.255 e. The van der Waals surface area contributed by atoms with E-state index < -0.39 is 11.8 Å². The maximum atomic E-state index is 13.1. The molecule has 0 aliphatic heterocycles. The summed E-state index contributed by atoms with van der Waals surface area (Å²) in [6.07, 6.45) is 0. The molecule has 0 atom stereocenters. The lowest BCUT2D eigenvalue weighted by Crippen LogP contribution is -2.13. The van der Waals surface area contributed by atoms with Gasteiger partial charge < -0.3 is 31.1 Å². The van der Waals surface area contributed by atoms with Crippen LogP contribution in [0.4, 0.5) is 34.1 Å². The summed E-state index contributed by atoms with van der Waals surface area (Å²) in [5, 5.41) is 66.6. The molecular formula is C40H28N6O6. The molecule has 254 valence electrons. The van der Waals surface area contributed by atoms with Crippen LogP contribution >= 0.6 is 0 Å². The molecule has 12 heteroatoms. The Morgan fingerprint density at radius 2 is 0.808 bits per heavy atom. The number of hydrogen-bond donors (Lipinski definition) is 6. The summed E-state index contributed by atoms with van der Waals surface area (Å²) in [5.74, 6) is -1.47.